The first-order valence-corrected chi connectivity index (χ1v) is 21.6. The molecule has 0 fully saturated rings. The molecule has 5 nitrogen and oxygen atoms in total. The molecule has 6 heteroatoms. The zero-order valence-corrected chi connectivity index (χ0v) is 34.1. The van der Waals surface area contributed by atoms with Crippen LogP contribution in [-0.4, -0.2) is 14.5 Å². The molecular weight excluding hydrogens is 777 g/mol. The van der Waals surface area contributed by atoms with Crippen molar-refractivity contribution >= 4 is 103 Å². The van der Waals surface area contributed by atoms with Gasteiger partial charge in [0, 0.05) is 54.0 Å². The third-order valence-corrected chi connectivity index (χ3v) is 13.4. The number of thiophene rings is 1. The van der Waals surface area contributed by atoms with Crippen LogP contribution in [0.25, 0.3) is 103 Å². The first-order valence-electron chi connectivity index (χ1n) is 20.8. The van der Waals surface area contributed by atoms with Crippen molar-refractivity contribution in [2.75, 3.05) is 4.90 Å². The highest BCUT2D eigenvalue weighted by atomic mass is 32.1. The summed E-state index contributed by atoms with van der Waals surface area (Å²) >= 11 is 1.75. The Morgan fingerprint density at radius 1 is 0.435 bits per heavy atom. The van der Waals surface area contributed by atoms with Crippen LogP contribution in [0.1, 0.15) is 0 Å². The zero-order valence-electron chi connectivity index (χ0n) is 33.2. The summed E-state index contributed by atoms with van der Waals surface area (Å²) in [5.74, 6) is 0.631. The molecule has 0 radical (unpaired) electrons. The van der Waals surface area contributed by atoms with Gasteiger partial charge in [0.25, 0.3) is 0 Å². The molecule has 0 saturated heterocycles. The highest BCUT2D eigenvalue weighted by Crippen LogP contribution is 2.47. The molecule has 0 saturated carbocycles. The van der Waals surface area contributed by atoms with Crippen molar-refractivity contribution in [2.45, 2.75) is 0 Å². The van der Waals surface area contributed by atoms with Crippen molar-refractivity contribution in [3.8, 4) is 28.3 Å². The van der Waals surface area contributed by atoms with Crippen LogP contribution >= 0.6 is 11.3 Å². The predicted octanol–water partition coefficient (Wildman–Crippen LogP) is 15.8. The van der Waals surface area contributed by atoms with Gasteiger partial charge in [-0.25, -0.2) is 9.97 Å². The molecule has 0 aliphatic heterocycles. The number of aromatic nitrogens is 3. The Labute approximate surface area is 360 Å². The number of para-hydroxylation sites is 2. The molecule has 0 aliphatic carbocycles. The van der Waals surface area contributed by atoms with Crippen molar-refractivity contribution in [3.05, 3.63) is 206 Å². The second-order valence-corrected chi connectivity index (χ2v) is 16.8. The normalized spacial score (nSPS) is 11.9. The van der Waals surface area contributed by atoms with Crippen LogP contribution in [0.15, 0.2) is 211 Å². The van der Waals surface area contributed by atoms with Crippen LogP contribution in [0, 0.1) is 0 Å². The second-order valence-electron chi connectivity index (χ2n) is 15.7. The number of rotatable bonds is 6. The fourth-order valence-electron chi connectivity index (χ4n) is 9.40. The molecule has 0 atom stereocenters. The van der Waals surface area contributed by atoms with E-state index in [9.17, 15) is 0 Å². The number of hydrogen-bond donors (Lipinski definition) is 0. The van der Waals surface area contributed by atoms with Gasteiger partial charge in [-0.1, -0.05) is 152 Å². The van der Waals surface area contributed by atoms with Crippen molar-refractivity contribution in [3.63, 3.8) is 0 Å². The quantitative estimate of drug-likeness (QED) is 0.168. The highest BCUT2D eigenvalue weighted by Gasteiger charge is 2.25. The molecule has 0 bridgehead atoms. The summed E-state index contributed by atoms with van der Waals surface area (Å²) in [6.45, 7) is 0. The Kier molecular flexibility index (Phi) is 7.71. The Bertz CT molecular complexity index is 3850. The van der Waals surface area contributed by atoms with Crippen LogP contribution in [0.2, 0.25) is 0 Å². The van der Waals surface area contributed by atoms with E-state index < -0.39 is 0 Å². The number of benzene rings is 9. The monoisotopic (exact) mass is 810 g/mol. The van der Waals surface area contributed by atoms with Gasteiger partial charge in [-0.2, -0.15) is 0 Å². The van der Waals surface area contributed by atoms with E-state index in [1.807, 2.05) is 6.07 Å². The lowest BCUT2D eigenvalue weighted by Crippen LogP contribution is -2.10. The topological polar surface area (TPSA) is 47.1 Å². The minimum Gasteiger partial charge on any atom is -0.455 e. The molecule has 13 aromatic rings. The molecule has 4 aromatic heterocycles. The smallest absolute Gasteiger partial charge is 0.235 e. The van der Waals surface area contributed by atoms with Crippen LogP contribution in [0.3, 0.4) is 0 Å². The molecule has 13 rings (SSSR count). The molecular formula is C56H34N4OS. The van der Waals surface area contributed by atoms with E-state index >= 15 is 0 Å². The van der Waals surface area contributed by atoms with Crippen molar-refractivity contribution < 1.29 is 4.42 Å². The minimum atomic E-state index is 0.631. The predicted molar refractivity (Wildman–Crippen MR) is 260 cm³/mol. The van der Waals surface area contributed by atoms with Gasteiger partial charge in [0.15, 0.2) is 0 Å². The van der Waals surface area contributed by atoms with E-state index in [0.29, 0.717) is 5.95 Å². The van der Waals surface area contributed by atoms with E-state index in [1.54, 1.807) is 11.3 Å². The lowest BCUT2D eigenvalue weighted by Gasteiger charge is -2.27. The maximum atomic E-state index is 7.18. The standard InChI is InChI=1S/C56H34N4OS/c1-4-16-35(17-5-1)36-28-30-39(31-29-36)59(38-20-8-3-9-21-38)48-34-45-42-32-33-47-50(54(42)61-53(45)41-23-11-10-22-40(41)48)43-24-12-14-26-46(43)60(47)56-57-51(37-18-6-2-7-19-37)55-52(58-56)44-25-13-15-27-49(44)62-55/h1-34H. The maximum Gasteiger partial charge on any atom is 0.235 e. The molecule has 290 valence electrons. The third-order valence-electron chi connectivity index (χ3n) is 12.2. The summed E-state index contributed by atoms with van der Waals surface area (Å²) in [5, 5.41) is 7.53. The van der Waals surface area contributed by atoms with Gasteiger partial charge in [0.2, 0.25) is 5.95 Å². The van der Waals surface area contributed by atoms with Gasteiger partial charge < -0.3 is 9.32 Å². The molecule has 9 aromatic carbocycles. The molecule has 4 heterocycles. The van der Waals surface area contributed by atoms with Gasteiger partial charge >= 0.3 is 0 Å². The Morgan fingerprint density at radius 2 is 1.03 bits per heavy atom. The maximum absolute atomic E-state index is 7.18. The number of fused-ring (bicyclic) bond motifs is 12. The molecule has 0 amide bonds. The van der Waals surface area contributed by atoms with Crippen molar-refractivity contribution in [1.82, 2.24) is 14.5 Å². The molecule has 0 N–H and O–H groups in total. The largest absolute Gasteiger partial charge is 0.455 e. The first kappa shape index (κ1) is 34.8. The number of furan rings is 1. The van der Waals surface area contributed by atoms with Gasteiger partial charge in [0.05, 0.1) is 38.0 Å². The first-order chi connectivity index (χ1) is 30.8. The fourth-order valence-corrected chi connectivity index (χ4v) is 10.6. The van der Waals surface area contributed by atoms with Crippen molar-refractivity contribution in [1.29, 1.82) is 0 Å². The van der Waals surface area contributed by atoms with Gasteiger partial charge in [0.1, 0.15) is 11.2 Å². The molecule has 0 unspecified atom stereocenters. The Hall–Kier alpha value is -8.06. The summed E-state index contributed by atoms with van der Waals surface area (Å²) in [6.07, 6.45) is 0. The molecule has 0 spiro atoms. The summed E-state index contributed by atoms with van der Waals surface area (Å²) in [7, 11) is 0. The fraction of sp³-hybridized carbons (Fsp3) is 0. The van der Waals surface area contributed by atoms with Gasteiger partial charge in [-0.15, -0.1) is 11.3 Å². The summed E-state index contributed by atoms with van der Waals surface area (Å²) in [6, 6.07) is 73.0. The minimum absolute atomic E-state index is 0.631. The van der Waals surface area contributed by atoms with Crippen LogP contribution in [0.5, 0.6) is 0 Å². The number of anilines is 3. The molecule has 0 aliphatic rings. The van der Waals surface area contributed by atoms with E-state index in [4.69, 9.17) is 14.4 Å². The van der Waals surface area contributed by atoms with E-state index in [-0.39, 0.29) is 0 Å². The molecule has 62 heavy (non-hydrogen) atoms. The number of hydrogen-bond acceptors (Lipinski definition) is 5. The van der Waals surface area contributed by atoms with E-state index in [0.717, 1.165) is 98.4 Å². The Balaban J connectivity index is 1.07. The summed E-state index contributed by atoms with van der Waals surface area (Å²) in [5.41, 5.74) is 12.3. The number of nitrogens with zero attached hydrogens (tertiary/aromatic N) is 4. The third kappa shape index (κ3) is 5.27. The van der Waals surface area contributed by atoms with E-state index in [1.165, 1.54) is 15.8 Å². The van der Waals surface area contributed by atoms with Crippen molar-refractivity contribution in [2.24, 2.45) is 0 Å². The lowest BCUT2D eigenvalue weighted by atomic mass is 10.0. The van der Waals surface area contributed by atoms with Crippen LogP contribution in [0.4, 0.5) is 17.1 Å². The van der Waals surface area contributed by atoms with Gasteiger partial charge in [-0.05, 0) is 65.7 Å². The van der Waals surface area contributed by atoms with Gasteiger partial charge in [-0.3, -0.25) is 4.57 Å². The highest BCUT2D eigenvalue weighted by molar-refractivity contribution is 7.26. The van der Waals surface area contributed by atoms with Crippen LogP contribution < -0.4 is 4.90 Å². The average molecular weight is 811 g/mol. The van der Waals surface area contributed by atoms with Crippen LogP contribution in [-0.2, 0) is 0 Å². The summed E-state index contributed by atoms with van der Waals surface area (Å²) in [4.78, 5) is 13.2. The lowest BCUT2D eigenvalue weighted by molar-refractivity contribution is 0.676. The second kappa shape index (κ2) is 13.7. The average Bonchev–Trinajstić information content (AvgIpc) is 4.02. The summed E-state index contributed by atoms with van der Waals surface area (Å²) < 4.78 is 11.7. The van der Waals surface area contributed by atoms with E-state index in [2.05, 4.69) is 210 Å². The Morgan fingerprint density at radius 3 is 1.81 bits per heavy atom. The zero-order chi connectivity index (χ0) is 40.7. The SMILES string of the molecule is c1ccc(-c2ccc(N(c3ccccc3)c3cc4c5ccc6c(c7ccccc7n6-c6nc(-c7ccccc7)c7sc8ccccc8c7n6)c5oc4c4ccccc34)cc2)cc1.